The number of non-ortho nitro benzene ring substituents is 1. The Morgan fingerprint density at radius 3 is 2.61 bits per heavy atom. The van der Waals surface area contributed by atoms with Gasteiger partial charge in [0.25, 0.3) is 11.6 Å². The summed E-state index contributed by atoms with van der Waals surface area (Å²) in [6.45, 7) is 0. The molecule has 0 saturated carbocycles. The van der Waals surface area contributed by atoms with Crippen LogP contribution in [-0.2, 0) is 10.1 Å². The maximum Gasteiger partial charge on any atom is 0.341 e. The van der Waals surface area contributed by atoms with Gasteiger partial charge in [-0.3, -0.25) is 14.9 Å². The molecule has 14 heteroatoms. The van der Waals surface area contributed by atoms with Gasteiger partial charge in [-0.25, -0.2) is 0 Å². The third-order valence-electron chi connectivity index (χ3n) is 4.32. The van der Waals surface area contributed by atoms with E-state index in [1.54, 1.807) is 6.07 Å². The number of carbonyl (C=O) groups is 1. The van der Waals surface area contributed by atoms with Crippen LogP contribution in [0.2, 0.25) is 10.0 Å². The number of fused-ring (bicyclic) bond motifs is 1. The highest BCUT2D eigenvalue weighted by Gasteiger charge is 2.25. The molecule has 3 aromatic carbocycles. The number of benzene rings is 3. The molecule has 0 spiro atoms. The first-order valence-electron chi connectivity index (χ1n) is 8.86. The van der Waals surface area contributed by atoms with Crippen LogP contribution in [0.15, 0.2) is 59.5 Å². The second-order valence-corrected chi connectivity index (χ2v) is 9.33. The minimum atomic E-state index is -4.39. The summed E-state index contributed by atoms with van der Waals surface area (Å²) < 4.78 is 39.2. The molecule has 0 bridgehead atoms. The van der Waals surface area contributed by atoms with Crippen molar-refractivity contribution in [2.75, 3.05) is 5.32 Å². The van der Waals surface area contributed by atoms with Crippen molar-refractivity contribution in [3.05, 3.63) is 80.3 Å². The van der Waals surface area contributed by atoms with E-state index in [0.717, 1.165) is 23.9 Å². The van der Waals surface area contributed by atoms with E-state index in [1.807, 2.05) is 0 Å². The summed E-state index contributed by atoms with van der Waals surface area (Å²) in [7, 11) is -4.39. The summed E-state index contributed by atoms with van der Waals surface area (Å²) in [5, 5.41) is 13.4. The number of nitro benzene ring substituents is 1. The molecule has 168 valence electrons. The Balaban J connectivity index is 1.67. The lowest BCUT2D eigenvalue weighted by atomic mass is 10.2. The molecule has 0 aliphatic rings. The number of rotatable bonds is 6. The summed E-state index contributed by atoms with van der Waals surface area (Å²) in [4.78, 5) is 22.9. The van der Waals surface area contributed by atoms with Crippen molar-refractivity contribution in [3.8, 4) is 5.75 Å². The predicted octanol–water partition coefficient (Wildman–Crippen LogP) is 4.93. The van der Waals surface area contributed by atoms with Crippen LogP contribution in [0.5, 0.6) is 5.75 Å². The summed E-state index contributed by atoms with van der Waals surface area (Å²) in [6.07, 6.45) is 0. The summed E-state index contributed by atoms with van der Waals surface area (Å²) in [5.41, 5.74) is 0.122. The smallest absolute Gasteiger partial charge is 0.341 e. The molecule has 4 aromatic rings. The van der Waals surface area contributed by atoms with E-state index in [2.05, 4.69) is 14.1 Å². The van der Waals surface area contributed by atoms with Gasteiger partial charge < -0.3 is 9.50 Å². The van der Waals surface area contributed by atoms with Gasteiger partial charge in [-0.15, -0.1) is 0 Å². The molecule has 4 rings (SSSR count). The molecule has 0 atom stereocenters. The van der Waals surface area contributed by atoms with E-state index < -0.39 is 20.9 Å². The fourth-order valence-corrected chi connectivity index (χ4v) is 4.91. The van der Waals surface area contributed by atoms with E-state index >= 15 is 0 Å². The zero-order valence-corrected chi connectivity index (χ0v) is 19.2. The fraction of sp³-hybridized carbons (Fsp3) is 0. The van der Waals surface area contributed by atoms with Crippen LogP contribution < -0.4 is 9.50 Å². The molecule has 0 aliphatic carbocycles. The maximum atomic E-state index is 13.0. The number of hydrogen-bond donors (Lipinski definition) is 1. The van der Waals surface area contributed by atoms with Crippen molar-refractivity contribution in [3.63, 3.8) is 0 Å². The number of anilines is 1. The first-order chi connectivity index (χ1) is 15.7. The van der Waals surface area contributed by atoms with Crippen molar-refractivity contribution in [1.82, 2.24) is 8.75 Å². The van der Waals surface area contributed by atoms with Crippen LogP contribution in [-0.4, -0.2) is 28.0 Å². The van der Waals surface area contributed by atoms with Crippen molar-refractivity contribution in [1.29, 1.82) is 0 Å². The SMILES string of the molecule is O=C(Nc1ccc([N+](=O)[O-])cc1Cl)c1cc(Cl)ccc1OS(=O)(=O)c1cccc2nsnc12. The van der Waals surface area contributed by atoms with Crippen molar-refractivity contribution in [2.45, 2.75) is 4.90 Å². The monoisotopic (exact) mass is 524 g/mol. The molecule has 1 aromatic heterocycles. The number of nitrogens with zero attached hydrogens (tertiary/aromatic N) is 3. The molecule has 0 fully saturated rings. The predicted molar refractivity (Wildman–Crippen MR) is 123 cm³/mol. The van der Waals surface area contributed by atoms with Crippen LogP contribution in [0.4, 0.5) is 11.4 Å². The summed E-state index contributed by atoms with van der Waals surface area (Å²) in [6, 6.07) is 11.7. The van der Waals surface area contributed by atoms with Crippen LogP contribution in [0.1, 0.15) is 10.4 Å². The standard InChI is InChI=1S/C19H10Cl2N4O6S2/c20-10-4-7-16(31-33(29,30)17-3-1-2-15-18(17)24-32-23-15)12(8-10)19(26)22-14-6-5-11(25(27)28)9-13(14)21/h1-9H,(H,22,26). The number of amides is 1. The van der Waals surface area contributed by atoms with Gasteiger partial charge in [0.2, 0.25) is 0 Å². The molecule has 0 saturated heterocycles. The Labute approximate surface area is 200 Å². The Kier molecular flexibility index (Phi) is 6.17. The number of hydrogen-bond acceptors (Lipinski definition) is 9. The Morgan fingerprint density at radius 2 is 1.88 bits per heavy atom. The molecule has 0 aliphatic heterocycles. The number of carbonyl (C=O) groups excluding carboxylic acids is 1. The molecular weight excluding hydrogens is 515 g/mol. The topological polar surface area (TPSA) is 141 Å². The first-order valence-corrected chi connectivity index (χ1v) is 11.8. The first kappa shape index (κ1) is 22.9. The van der Waals surface area contributed by atoms with Gasteiger partial charge in [-0.05, 0) is 36.4 Å². The van der Waals surface area contributed by atoms with Gasteiger partial charge in [-0.1, -0.05) is 29.3 Å². The zero-order chi connectivity index (χ0) is 23.8. The highest BCUT2D eigenvalue weighted by Crippen LogP contribution is 2.31. The van der Waals surface area contributed by atoms with Crippen molar-refractivity contribution in [2.24, 2.45) is 0 Å². The van der Waals surface area contributed by atoms with E-state index in [0.29, 0.717) is 5.52 Å². The largest absolute Gasteiger partial charge is 0.378 e. The quantitative estimate of drug-likeness (QED) is 0.212. The Morgan fingerprint density at radius 1 is 1.09 bits per heavy atom. The minimum absolute atomic E-state index is 0.0689. The van der Waals surface area contributed by atoms with Gasteiger partial charge >= 0.3 is 10.1 Å². The van der Waals surface area contributed by atoms with Crippen molar-refractivity contribution >= 4 is 73.4 Å². The average molecular weight is 525 g/mol. The van der Waals surface area contributed by atoms with E-state index in [-0.39, 0.29) is 43.1 Å². The van der Waals surface area contributed by atoms with Crippen LogP contribution >= 0.6 is 34.9 Å². The van der Waals surface area contributed by atoms with Crippen LogP contribution in [0.3, 0.4) is 0 Å². The molecule has 0 unspecified atom stereocenters. The second kappa shape index (κ2) is 8.90. The molecule has 0 radical (unpaired) electrons. The Bertz CT molecular complexity index is 1520. The van der Waals surface area contributed by atoms with Gasteiger partial charge in [0.1, 0.15) is 15.9 Å². The molecule has 1 N–H and O–H groups in total. The molecule has 1 heterocycles. The average Bonchev–Trinajstić information content (AvgIpc) is 3.25. The third-order valence-corrected chi connectivity index (χ3v) is 6.67. The van der Waals surface area contributed by atoms with Gasteiger partial charge in [0.15, 0.2) is 5.75 Å². The lowest BCUT2D eigenvalue weighted by Crippen LogP contribution is -2.17. The molecule has 1 amide bonds. The lowest BCUT2D eigenvalue weighted by molar-refractivity contribution is -0.384. The number of halogens is 2. The van der Waals surface area contributed by atoms with Gasteiger partial charge in [-0.2, -0.15) is 17.2 Å². The lowest BCUT2D eigenvalue weighted by Gasteiger charge is -2.13. The zero-order valence-electron chi connectivity index (χ0n) is 16.1. The van der Waals surface area contributed by atoms with Gasteiger partial charge in [0, 0.05) is 17.2 Å². The molecular formula is C19H10Cl2N4O6S2. The summed E-state index contributed by atoms with van der Waals surface area (Å²) >= 11 is 12.9. The van der Waals surface area contributed by atoms with Crippen LogP contribution in [0, 0.1) is 10.1 Å². The molecule has 33 heavy (non-hydrogen) atoms. The molecule has 10 nitrogen and oxygen atoms in total. The van der Waals surface area contributed by atoms with Crippen LogP contribution in [0.25, 0.3) is 11.0 Å². The normalized spacial score (nSPS) is 11.3. The highest BCUT2D eigenvalue weighted by molar-refractivity contribution is 7.87. The third kappa shape index (κ3) is 4.73. The van der Waals surface area contributed by atoms with Crippen molar-refractivity contribution < 1.29 is 22.3 Å². The second-order valence-electron chi connectivity index (χ2n) is 6.44. The van der Waals surface area contributed by atoms with E-state index in [1.165, 1.54) is 36.4 Å². The Hall–Kier alpha value is -3.32. The number of nitro groups is 1. The van der Waals surface area contributed by atoms with E-state index in [4.69, 9.17) is 27.4 Å². The summed E-state index contributed by atoms with van der Waals surface area (Å²) in [5.74, 6) is -1.10. The number of nitrogens with one attached hydrogen (secondary N) is 1. The fourth-order valence-electron chi connectivity index (χ4n) is 2.81. The maximum absolute atomic E-state index is 13.0. The highest BCUT2D eigenvalue weighted by atomic mass is 35.5. The number of aromatic nitrogens is 2. The van der Waals surface area contributed by atoms with E-state index in [9.17, 15) is 23.3 Å². The minimum Gasteiger partial charge on any atom is -0.378 e. The van der Waals surface area contributed by atoms with Gasteiger partial charge in [0.05, 0.1) is 32.9 Å².